The molecule has 6 heteroatoms. The topological polar surface area (TPSA) is 60.5 Å². The number of hydrogen-bond acceptors (Lipinski definition) is 4. The van der Waals surface area contributed by atoms with E-state index < -0.39 is 6.29 Å². The van der Waals surface area contributed by atoms with Gasteiger partial charge in [0, 0.05) is 11.8 Å². The summed E-state index contributed by atoms with van der Waals surface area (Å²) in [6, 6.07) is 27.7. The molecule has 0 fully saturated rings. The van der Waals surface area contributed by atoms with Crippen molar-refractivity contribution in [1.29, 1.82) is 0 Å². The molecule has 1 amide bonds. The molecule has 1 aromatic heterocycles. The van der Waals surface area contributed by atoms with E-state index in [0.29, 0.717) is 22.7 Å². The summed E-state index contributed by atoms with van der Waals surface area (Å²) in [6.07, 6.45) is 0.798. The Morgan fingerprint density at radius 3 is 2.47 bits per heavy atom. The fraction of sp³-hybridized carbons (Fsp3) is 0.0769. The molecule has 0 radical (unpaired) electrons. The van der Waals surface area contributed by atoms with Crippen LogP contribution in [0.15, 0.2) is 103 Å². The van der Waals surface area contributed by atoms with Crippen LogP contribution in [0.5, 0.6) is 5.75 Å². The molecule has 5 nitrogen and oxygen atoms in total. The standard InChI is InChI=1S/C26H21FN2O3/c27-21-12-8-9-19(17-21)18-31-26(20-10-2-1-3-11-20)32-23-14-5-4-13-22(23)25(30)29-24-15-6-7-16-28-24/h1-17,26H,18H2,(H,28,29,30). The van der Waals surface area contributed by atoms with Crippen LogP contribution < -0.4 is 10.1 Å². The molecular formula is C26H21FN2O3. The Hall–Kier alpha value is -4.03. The van der Waals surface area contributed by atoms with E-state index in [1.54, 1.807) is 60.8 Å². The normalized spacial score (nSPS) is 11.5. The first-order chi connectivity index (χ1) is 15.7. The van der Waals surface area contributed by atoms with Gasteiger partial charge in [-0.15, -0.1) is 0 Å². The summed E-state index contributed by atoms with van der Waals surface area (Å²) in [7, 11) is 0. The molecule has 1 heterocycles. The molecule has 3 aromatic carbocycles. The van der Waals surface area contributed by atoms with E-state index in [4.69, 9.17) is 9.47 Å². The fourth-order valence-corrected chi connectivity index (χ4v) is 3.10. The molecule has 0 aliphatic carbocycles. The van der Waals surface area contributed by atoms with Crippen molar-refractivity contribution in [3.8, 4) is 5.75 Å². The summed E-state index contributed by atoms with van der Waals surface area (Å²) in [6.45, 7) is 0.139. The average Bonchev–Trinajstić information content (AvgIpc) is 2.83. The summed E-state index contributed by atoms with van der Waals surface area (Å²) in [5, 5.41) is 2.76. The highest BCUT2D eigenvalue weighted by Gasteiger charge is 2.19. The zero-order valence-corrected chi connectivity index (χ0v) is 17.1. The van der Waals surface area contributed by atoms with Crippen LogP contribution in [0, 0.1) is 5.82 Å². The Morgan fingerprint density at radius 1 is 0.906 bits per heavy atom. The number of carbonyl (C=O) groups is 1. The van der Waals surface area contributed by atoms with Gasteiger partial charge in [-0.05, 0) is 42.0 Å². The zero-order valence-electron chi connectivity index (χ0n) is 17.1. The van der Waals surface area contributed by atoms with Gasteiger partial charge in [0.15, 0.2) is 0 Å². The van der Waals surface area contributed by atoms with Crippen molar-refractivity contribution in [3.05, 3.63) is 126 Å². The summed E-state index contributed by atoms with van der Waals surface area (Å²) in [5.74, 6) is 0.111. The van der Waals surface area contributed by atoms with Crippen molar-refractivity contribution < 1.29 is 18.7 Å². The van der Waals surface area contributed by atoms with Crippen molar-refractivity contribution in [2.45, 2.75) is 12.9 Å². The summed E-state index contributed by atoms with van der Waals surface area (Å²) in [5.41, 5.74) is 1.79. The second kappa shape index (κ2) is 10.3. The van der Waals surface area contributed by atoms with E-state index in [1.807, 2.05) is 30.3 Å². The number of ether oxygens (including phenoxy) is 2. The number of nitrogens with zero attached hydrogens (tertiary/aromatic N) is 1. The minimum Gasteiger partial charge on any atom is -0.460 e. The van der Waals surface area contributed by atoms with Crippen molar-refractivity contribution in [2.24, 2.45) is 0 Å². The van der Waals surface area contributed by atoms with E-state index in [-0.39, 0.29) is 18.3 Å². The third-order valence-corrected chi connectivity index (χ3v) is 4.63. The molecule has 0 saturated carbocycles. The number of rotatable bonds is 8. The highest BCUT2D eigenvalue weighted by Crippen LogP contribution is 2.28. The lowest BCUT2D eigenvalue weighted by Crippen LogP contribution is -2.17. The van der Waals surface area contributed by atoms with Crippen molar-refractivity contribution >= 4 is 11.7 Å². The summed E-state index contributed by atoms with van der Waals surface area (Å²) < 4.78 is 25.7. The van der Waals surface area contributed by atoms with Gasteiger partial charge in [-0.3, -0.25) is 4.79 Å². The molecule has 4 rings (SSSR count). The minimum atomic E-state index is -0.803. The van der Waals surface area contributed by atoms with E-state index in [1.165, 1.54) is 12.1 Å². The molecule has 4 aromatic rings. The van der Waals surface area contributed by atoms with Crippen LogP contribution in [0.4, 0.5) is 10.2 Å². The van der Waals surface area contributed by atoms with Gasteiger partial charge in [-0.2, -0.15) is 0 Å². The molecule has 160 valence electrons. The number of halogens is 1. The minimum absolute atomic E-state index is 0.139. The smallest absolute Gasteiger partial charge is 0.260 e. The summed E-state index contributed by atoms with van der Waals surface area (Å²) >= 11 is 0. The first kappa shape index (κ1) is 21.2. The predicted octanol–water partition coefficient (Wildman–Crippen LogP) is 5.77. The Kier molecular flexibility index (Phi) is 6.84. The number of aromatic nitrogens is 1. The monoisotopic (exact) mass is 428 g/mol. The second-order valence-electron chi connectivity index (χ2n) is 6.97. The molecule has 1 atom stereocenters. The Balaban J connectivity index is 1.56. The van der Waals surface area contributed by atoms with Crippen LogP contribution >= 0.6 is 0 Å². The first-order valence-electron chi connectivity index (χ1n) is 10.1. The predicted molar refractivity (Wildman–Crippen MR) is 120 cm³/mol. The van der Waals surface area contributed by atoms with Crippen LogP contribution in [0.1, 0.15) is 27.8 Å². The Labute approximate surface area is 185 Å². The molecule has 0 aliphatic rings. The van der Waals surface area contributed by atoms with Crippen LogP contribution in [-0.2, 0) is 11.3 Å². The van der Waals surface area contributed by atoms with E-state index >= 15 is 0 Å². The molecular weight excluding hydrogens is 407 g/mol. The Morgan fingerprint density at radius 2 is 1.69 bits per heavy atom. The SMILES string of the molecule is O=C(Nc1ccccn1)c1ccccc1OC(OCc1cccc(F)c1)c1ccccc1. The first-order valence-corrected chi connectivity index (χ1v) is 10.1. The fourth-order valence-electron chi connectivity index (χ4n) is 3.10. The maximum absolute atomic E-state index is 13.5. The molecule has 0 saturated heterocycles. The number of hydrogen-bond donors (Lipinski definition) is 1. The second-order valence-corrected chi connectivity index (χ2v) is 6.97. The number of para-hydroxylation sites is 1. The molecule has 1 N–H and O–H groups in total. The van der Waals surface area contributed by atoms with E-state index in [2.05, 4.69) is 10.3 Å². The number of pyridine rings is 1. The van der Waals surface area contributed by atoms with Crippen LogP contribution in [0.25, 0.3) is 0 Å². The molecule has 32 heavy (non-hydrogen) atoms. The molecule has 0 bridgehead atoms. The van der Waals surface area contributed by atoms with Gasteiger partial charge in [-0.25, -0.2) is 9.37 Å². The lowest BCUT2D eigenvalue weighted by Gasteiger charge is -2.21. The van der Waals surface area contributed by atoms with Gasteiger partial charge in [0.1, 0.15) is 17.4 Å². The van der Waals surface area contributed by atoms with Crippen LogP contribution in [-0.4, -0.2) is 10.9 Å². The lowest BCUT2D eigenvalue weighted by atomic mass is 10.1. The van der Waals surface area contributed by atoms with Crippen LogP contribution in [0.2, 0.25) is 0 Å². The number of amides is 1. The quantitative estimate of drug-likeness (QED) is 0.362. The van der Waals surface area contributed by atoms with Gasteiger partial charge < -0.3 is 14.8 Å². The highest BCUT2D eigenvalue weighted by molar-refractivity contribution is 6.05. The largest absolute Gasteiger partial charge is 0.460 e. The third-order valence-electron chi connectivity index (χ3n) is 4.63. The number of carbonyl (C=O) groups excluding carboxylic acids is 1. The van der Waals surface area contributed by atoms with Crippen molar-refractivity contribution in [3.63, 3.8) is 0 Å². The van der Waals surface area contributed by atoms with Crippen molar-refractivity contribution in [2.75, 3.05) is 5.32 Å². The average molecular weight is 428 g/mol. The Bertz CT molecular complexity index is 1170. The van der Waals surface area contributed by atoms with E-state index in [0.717, 1.165) is 5.56 Å². The lowest BCUT2D eigenvalue weighted by molar-refractivity contribution is -0.0931. The maximum atomic E-state index is 13.5. The number of benzene rings is 3. The number of nitrogens with one attached hydrogen (secondary N) is 1. The highest BCUT2D eigenvalue weighted by atomic mass is 19.1. The van der Waals surface area contributed by atoms with Gasteiger partial charge >= 0.3 is 0 Å². The van der Waals surface area contributed by atoms with Gasteiger partial charge in [0.25, 0.3) is 5.91 Å². The van der Waals surface area contributed by atoms with E-state index in [9.17, 15) is 9.18 Å². The zero-order chi connectivity index (χ0) is 22.2. The number of anilines is 1. The molecule has 0 spiro atoms. The van der Waals surface area contributed by atoms with Crippen molar-refractivity contribution in [1.82, 2.24) is 4.98 Å². The van der Waals surface area contributed by atoms with Gasteiger partial charge in [-0.1, -0.05) is 60.7 Å². The van der Waals surface area contributed by atoms with Gasteiger partial charge in [0.05, 0.1) is 12.2 Å². The van der Waals surface area contributed by atoms with Crippen LogP contribution in [0.3, 0.4) is 0 Å². The maximum Gasteiger partial charge on any atom is 0.260 e. The molecule has 0 aliphatic heterocycles. The summed E-state index contributed by atoms with van der Waals surface area (Å²) in [4.78, 5) is 17.0. The molecule has 1 unspecified atom stereocenters. The third kappa shape index (κ3) is 5.56. The van der Waals surface area contributed by atoms with Gasteiger partial charge in [0.2, 0.25) is 6.29 Å².